The van der Waals surface area contributed by atoms with E-state index >= 15 is 0 Å². The Morgan fingerprint density at radius 2 is 1.61 bits per heavy atom. The second-order valence-electron chi connectivity index (χ2n) is 9.33. The average molecular weight is 503 g/mol. The van der Waals surface area contributed by atoms with Crippen molar-refractivity contribution in [2.45, 2.75) is 53.1 Å². The molecule has 10 nitrogen and oxygen atoms in total. The molecule has 0 saturated heterocycles. The number of rotatable bonds is 12. The standard InChI is InChI=1S/C26H38N4O6/c1-15(2)12-18(25(32)27-14-23(31)36-8)28-26(33)19-13-20(30(29-19)17(5)16(3)4)24-21(34-6)10-9-11-22(24)35-7/h9-11,13,15-18H,12,14H2,1-8H3,(H,27,32)(H,28,33)/t17?,18-/m0/s1. The number of esters is 1. The maximum Gasteiger partial charge on any atom is 0.325 e. The van der Waals surface area contributed by atoms with E-state index in [2.05, 4.69) is 34.3 Å². The summed E-state index contributed by atoms with van der Waals surface area (Å²) >= 11 is 0. The molecule has 2 N–H and O–H groups in total. The molecule has 1 aromatic carbocycles. The van der Waals surface area contributed by atoms with Crippen molar-refractivity contribution in [3.05, 3.63) is 30.0 Å². The molecule has 0 spiro atoms. The van der Waals surface area contributed by atoms with E-state index in [9.17, 15) is 14.4 Å². The minimum absolute atomic E-state index is 0.0500. The highest BCUT2D eigenvalue weighted by Gasteiger charge is 2.28. The lowest BCUT2D eigenvalue weighted by atomic mass is 10.0. The first-order chi connectivity index (χ1) is 17.0. The molecule has 0 saturated carbocycles. The Hall–Kier alpha value is -3.56. The molecule has 1 unspecified atom stereocenters. The van der Waals surface area contributed by atoms with Crippen LogP contribution in [0.3, 0.4) is 0 Å². The van der Waals surface area contributed by atoms with Gasteiger partial charge in [0.05, 0.1) is 38.6 Å². The third-order valence-electron chi connectivity index (χ3n) is 5.97. The fourth-order valence-electron chi connectivity index (χ4n) is 3.68. The first kappa shape index (κ1) is 28.7. The number of carbonyl (C=O) groups excluding carboxylic acids is 3. The van der Waals surface area contributed by atoms with Gasteiger partial charge in [0.2, 0.25) is 5.91 Å². The second-order valence-corrected chi connectivity index (χ2v) is 9.33. The fraction of sp³-hybridized carbons (Fsp3) is 0.538. The summed E-state index contributed by atoms with van der Waals surface area (Å²) in [5, 5.41) is 9.92. The molecule has 0 radical (unpaired) electrons. The smallest absolute Gasteiger partial charge is 0.325 e. The Bertz CT molecular complexity index is 1040. The van der Waals surface area contributed by atoms with E-state index in [0.29, 0.717) is 29.2 Å². The first-order valence-electron chi connectivity index (χ1n) is 12.0. The zero-order chi connectivity index (χ0) is 27.0. The van der Waals surface area contributed by atoms with E-state index in [-0.39, 0.29) is 30.1 Å². The van der Waals surface area contributed by atoms with Crippen molar-refractivity contribution in [3.63, 3.8) is 0 Å². The fourth-order valence-corrected chi connectivity index (χ4v) is 3.68. The summed E-state index contributed by atoms with van der Waals surface area (Å²) in [5.41, 5.74) is 1.49. The number of ether oxygens (including phenoxy) is 3. The average Bonchev–Trinajstić information content (AvgIpc) is 3.30. The summed E-state index contributed by atoms with van der Waals surface area (Å²) in [4.78, 5) is 37.5. The molecular weight excluding hydrogens is 464 g/mol. The van der Waals surface area contributed by atoms with Crippen molar-refractivity contribution in [2.24, 2.45) is 11.8 Å². The number of methoxy groups -OCH3 is 3. The number of aromatic nitrogens is 2. The van der Waals surface area contributed by atoms with E-state index in [1.165, 1.54) is 7.11 Å². The zero-order valence-electron chi connectivity index (χ0n) is 22.4. The highest BCUT2D eigenvalue weighted by Crippen LogP contribution is 2.40. The molecule has 2 atom stereocenters. The third-order valence-corrected chi connectivity index (χ3v) is 5.97. The minimum atomic E-state index is -0.848. The van der Waals surface area contributed by atoms with Gasteiger partial charge in [-0.25, -0.2) is 0 Å². The monoisotopic (exact) mass is 502 g/mol. The molecule has 36 heavy (non-hydrogen) atoms. The van der Waals surface area contributed by atoms with Crippen LogP contribution in [0.4, 0.5) is 0 Å². The van der Waals surface area contributed by atoms with Crippen LogP contribution in [0.25, 0.3) is 11.3 Å². The SMILES string of the molecule is COC(=O)CNC(=O)[C@H](CC(C)C)NC(=O)c1cc(-c2c(OC)cccc2OC)n(C(C)C(C)C)n1. The molecular formula is C26H38N4O6. The van der Waals surface area contributed by atoms with Gasteiger partial charge in [-0.05, 0) is 43.4 Å². The van der Waals surface area contributed by atoms with E-state index < -0.39 is 23.8 Å². The predicted molar refractivity (Wildman–Crippen MR) is 136 cm³/mol. The normalized spacial score (nSPS) is 12.7. The van der Waals surface area contributed by atoms with Crippen molar-refractivity contribution >= 4 is 17.8 Å². The summed E-state index contributed by atoms with van der Waals surface area (Å²) in [7, 11) is 4.38. The number of hydrogen-bond acceptors (Lipinski definition) is 7. The van der Waals surface area contributed by atoms with Crippen molar-refractivity contribution in [1.82, 2.24) is 20.4 Å². The van der Waals surface area contributed by atoms with E-state index in [1.54, 1.807) is 25.0 Å². The van der Waals surface area contributed by atoms with Gasteiger partial charge in [0.25, 0.3) is 5.91 Å². The van der Waals surface area contributed by atoms with Crippen molar-refractivity contribution in [2.75, 3.05) is 27.9 Å². The number of nitrogens with one attached hydrogen (secondary N) is 2. The number of benzene rings is 1. The Balaban J connectivity index is 2.47. The zero-order valence-corrected chi connectivity index (χ0v) is 22.4. The Kier molecular flexibility index (Phi) is 10.3. The predicted octanol–water partition coefficient (Wildman–Crippen LogP) is 3.22. The summed E-state index contributed by atoms with van der Waals surface area (Å²) in [5.74, 6) is -0.0433. The molecule has 2 amide bonds. The summed E-state index contributed by atoms with van der Waals surface area (Å²) in [6.45, 7) is 9.76. The van der Waals surface area contributed by atoms with Crippen LogP contribution in [0.2, 0.25) is 0 Å². The largest absolute Gasteiger partial charge is 0.496 e. The summed E-state index contributed by atoms with van der Waals surface area (Å²) in [6, 6.07) is 6.24. The molecule has 1 aromatic heterocycles. The number of nitrogens with zero attached hydrogens (tertiary/aromatic N) is 2. The molecule has 2 aromatic rings. The van der Waals surface area contributed by atoms with Crippen LogP contribution in [-0.2, 0) is 14.3 Å². The minimum Gasteiger partial charge on any atom is -0.496 e. The van der Waals surface area contributed by atoms with Gasteiger partial charge in [-0.2, -0.15) is 5.10 Å². The van der Waals surface area contributed by atoms with Crippen molar-refractivity contribution in [1.29, 1.82) is 0 Å². The van der Waals surface area contributed by atoms with Gasteiger partial charge < -0.3 is 24.8 Å². The van der Waals surface area contributed by atoms with Crippen molar-refractivity contribution in [3.8, 4) is 22.8 Å². The molecule has 0 aliphatic heterocycles. The van der Waals surface area contributed by atoms with Crippen LogP contribution < -0.4 is 20.1 Å². The van der Waals surface area contributed by atoms with E-state index in [1.807, 2.05) is 39.0 Å². The maximum absolute atomic E-state index is 13.3. The van der Waals surface area contributed by atoms with Gasteiger partial charge in [-0.1, -0.05) is 33.8 Å². The van der Waals surface area contributed by atoms with Crippen molar-refractivity contribution < 1.29 is 28.6 Å². The highest BCUT2D eigenvalue weighted by atomic mass is 16.5. The number of amides is 2. The molecule has 10 heteroatoms. The molecule has 0 aliphatic rings. The van der Waals surface area contributed by atoms with Gasteiger partial charge in [0, 0.05) is 0 Å². The van der Waals surface area contributed by atoms with Gasteiger partial charge >= 0.3 is 5.97 Å². The Morgan fingerprint density at radius 1 is 1.00 bits per heavy atom. The van der Waals surface area contributed by atoms with Gasteiger partial charge in [-0.15, -0.1) is 0 Å². The lowest BCUT2D eigenvalue weighted by molar-refractivity contribution is -0.141. The molecule has 0 aliphatic carbocycles. The van der Waals surface area contributed by atoms with Gasteiger partial charge in [-0.3, -0.25) is 19.1 Å². The topological polar surface area (TPSA) is 121 Å². The first-order valence-corrected chi connectivity index (χ1v) is 12.0. The van der Waals surface area contributed by atoms with Gasteiger partial charge in [0.1, 0.15) is 24.1 Å². The van der Waals surface area contributed by atoms with Crippen LogP contribution in [0.5, 0.6) is 11.5 Å². The molecule has 2 rings (SSSR count). The lowest BCUT2D eigenvalue weighted by Gasteiger charge is -2.21. The third kappa shape index (κ3) is 6.99. The number of carbonyl (C=O) groups is 3. The molecule has 0 bridgehead atoms. The molecule has 0 fully saturated rings. The Labute approximate surface area is 212 Å². The Morgan fingerprint density at radius 3 is 2.11 bits per heavy atom. The van der Waals surface area contributed by atoms with Crippen LogP contribution in [0.1, 0.15) is 57.6 Å². The summed E-state index contributed by atoms with van der Waals surface area (Å²) < 4.78 is 17.5. The highest BCUT2D eigenvalue weighted by molar-refractivity contribution is 5.97. The molecule has 198 valence electrons. The number of hydrogen-bond donors (Lipinski definition) is 2. The van der Waals surface area contributed by atoms with E-state index in [4.69, 9.17) is 9.47 Å². The maximum atomic E-state index is 13.3. The van der Waals surface area contributed by atoms with E-state index in [0.717, 1.165) is 0 Å². The van der Waals surface area contributed by atoms with Crippen LogP contribution in [0, 0.1) is 11.8 Å². The van der Waals surface area contributed by atoms with Crippen LogP contribution >= 0.6 is 0 Å². The second kappa shape index (κ2) is 12.9. The summed E-state index contributed by atoms with van der Waals surface area (Å²) in [6.07, 6.45) is 0.384. The van der Waals surface area contributed by atoms with Crippen LogP contribution in [-0.4, -0.2) is 61.5 Å². The quantitative estimate of drug-likeness (QED) is 0.428. The lowest BCUT2D eigenvalue weighted by Crippen LogP contribution is -2.48. The van der Waals surface area contributed by atoms with Crippen LogP contribution in [0.15, 0.2) is 24.3 Å². The molecule has 1 heterocycles. The van der Waals surface area contributed by atoms with Gasteiger partial charge in [0.15, 0.2) is 5.69 Å².